The van der Waals surface area contributed by atoms with Gasteiger partial charge in [-0.3, -0.25) is 0 Å². The van der Waals surface area contributed by atoms with Gasteiger partial charge in [-0.1, -0.05) is 0 Å². The predicted molar refractivity (Wildman–Crippen MR) is 57.2 cm³/mol. The predicted octanol–water partition coefficient (Wildman–Crippen LogP) is 1.54. The lowest BCUT2D eigenvalue weighted by Crippen LogP contribution is -2.50. The fourth-order valence-electron chi connectivity index (χ4n) is 1.17. The van der Waals surface area contributed by atoms with E-state index in [2.05, 4.69) is 5.32 Å². The van der Waals surface area contributed by atoms with E-state index >= 15 is 0 Å². The van der Waals surface area contributed by atoms with Gasteiger partial charge in [-0.2, -0.15) is 11.8 Å². The van der Waals surface area contributed by atoms with Crippen molar-refractivity contribution in [2.75, 3.05) is 24.6 Å². The summed E-state index contributed by atoms with van der Waals surface area (Å²) in [7, 11) is 0. The number of thioether (sulfide) groups is 1. The van der Waals surface area contributed by atoms with Crippen molar-refractivity contribution in [1.29, 1.82) is 0 Å². The van der Waals surface area contributed by atoms with Crippen LogP contribution in [-0.2, 0) is 0 Å². The minimum Gasteiger partial charge on any atom is -0.333 e. The van der Waals surface area contributed by atoms with Crippen molar-refractivity contribution >= 4 is 17.8 Å². The molecule has 0 radical (unpaired) electrons. The van der Waals surface area contributed by atoms with Crippen molar-refractivity contribution in [1.82, 2.24) is 10.2 Å². The molecule has 0 bridgehead atoms. The second-order valence-corrected chi connectivity index (χ2v) is 5.50. The highest BCUT2D eigenvalue weighted by atomic mass is 32.2. The minimum absolute atomic E-state index is 0.0767. The van der Waals surface area contributed by atoms with Gasteiger partial charge in [0.25, 0.3) is 0 Å². The fraction of sp³-hybridized carbons (Fsp3) is 0.889. The summed E-state index contributed by atoms with van der Waals surface area (Å²) in [6.45, 7) is 7.77. The number of hydrogen-bond acceptors (Lipinski definition) is 2. The molecule has 0 aliphatic carbocycles. The molecule has 0 aromatic rings. The van der Waals surface area contributed by atoms with Crippen LogP contribution in [0, 0.1) is 0 Å². The highest BCUT2D eigenvalue weighted by Crippen LogP contribution is 2.10. The Hall–Kier alpha value is -0.380. The molecule has 1 heterocycles. The lowest BCUT2D eigenvalue weighted by Gasteiger charge is -2.30. The lowest BCUT2D eigenvalue weighted by molar-refractivity contribution is 0.193. The number of urea groups is 1. The highest BCUT2D eigenvalue weighted by molar-refractivity contribution is 7.99. The molecule has 1 rings (SSSR count). The van der Waals surface area contributed by atoms with E-state index < -0.39 is 0 Å². The molecular formula is C9H18N2OS. The van der Waals surface area contributed by atoms with Gasteiger partial charge >= 0.3 is 6.03 Å². The van der Waals surface area contributed by atoms with Crippen molar-refractivity contribution in [2.45, 2.75) is 26.3 Å². The number of rotatable bonds is 0. The van der Waals surface area contributed by atoms with Crippen LogP contribution in [0.15, 0.2) is 0 Å². The van der Waals surface area contributed by atoms with Gasteiger partial charge in [0, 0.05) is 30.1 Å². The largest absolute Gasteiger partial charge is 0.333 e. The Labute approximate surface area is 84.2 Å². The van der Waals surface area contributed by atoms with Gasteiger partial charge < -0.3 is 10.2 Å². The molecule has 76 valence electrons. The maximum Gasteiger partial charge on any atom is 0.317 e. The molecule has 1 fully saturated rings. The first kappa shape index (κ1) is 10.7. The minimum atomic E-state index is -0.123. The average molecular weight is 202 g/mol. The fourth-order valence-corrected chi connectivity index (χ4v) is 2.07. The second kappa shape index (κ2) is 4.22. The Morgan fingerprint density at radius 3 is 2.31 bits per heavy atom. The van der Waals surface area contributed by atoms with E-state index in [1.807, 2.05) is 37.4 Å². The third kappa shape index (κ3) is 3.89. The van der Waals surface area contributed by atoms with Crippen LogP contribution >= 0.6 is 11.8 Å². The van der Waals surface area contributed by atoms with Crippen LogP contribution in [0.2, 0.25) is 0 Å². The monoisotopic (exact) mass is 202 g/mol. The molecule has 2 amide bonds. The molecule has 4 heteroatoms. The summed E-state index contributed by atoms with van der Waals surface area (Å²) in [4.78, 5) is 13.5. The summed E-state index contributed by atoms with van der Waals surface area (Å²) >= 11 is 1.91. The van der Waals surface area contributed by atoms with E-state index in [0.717, 1.165) is 24.6 Å². The Balaban J connectivity index is 2.38. The lowest BCUT2D eigenvalue weighted by atomic mass is 10.1. The number of carbonyl (C=O) groups is 1. The zero-order valence-electron chi connectivity index (χ0n) is 8.59. The molecule has 3 nitrogen and oxygen atoms in total. The Morgan fingerprint density at radius 1 is 1.31 bits per heavy atom. The van der Waals surface area contributed by atoms with Crippen molar-refractivity contribution in [3.05, 3.63) is 0 Å². The molecule has 1 saturated heterocycles. The first-order chi connectivity index (χ1) is 5.99. The molecule has 1 aliphatic heterocycles. The molecule has 1 N–H and O–H groups in total. The summed E-state index contributed by atoms with van der Waals surface area (Å²) < 4.78 is 0. The van der Waals surface area contributed by atoms with Crippen molar-refractivity contribution in [3.63, 3.8) is 0 Å². The van der Waals surface area contributed by atoms with Crippen molar-refractivity contribution in [3.8, 4) is 0 Å². The topological polar surface area (TPSA) is 32.3 Å². The third-order valence-corrected chi connectivity index (χ3v) is 2.72. The van der Waals surface area contributed by atoms with E-state index in [9.17, 15) is 4.79 Å². The van der Waals surface area contributed by atoms with Gasteiger partial charge in [0.2, 0.25) is 0 Å². The maximum absolute atomic E-state index is 11.6. The summed E-state index contributed by atoms with van der Waals surface area (Å²) in [6, 6.07) is 0.0767. The van der Waals surface area contributed by atoms with Crippen molar-refractivity contribution in [2.24, 2.45) is 0 Å². The first-order valence-corrected chi connectivity index (χ1v) is 5.79. The third-order valence-electron chi connectivity index (χ3n) is 1.78. The zero-order valence-corrected chi connectivity index (χ0v) is 9.41. The molecular weight excluding hydrogens is 184 g/mol. The van der Waals surface area contributed by atoms with Gasteiger partial charge in [-0.25, -0.2) is 4.79 Å². The van der Waals surface area contributed by atoms with Gasteiger partial charge in [0.15, 0.2) is 0 Å². The van der Waals surface area contributed by atoms with Gasteiger partial charge in [-0.05, 0) is 20.8 Å². The standard InChI is InChI=1S/C9H18N2OS/c1-9(2,3)10-8(12)11-4-6-13-7-5-11/h4-7H2,1-3H3,(H,10,12). The number of hydrogen-bond donors (Lipinski definition) is 1. The normalized spacial score (nSPS) is 18.5. The second-order valence-electron chi connectivity index (χ2n) is 4.28. The van der Waals surface area contributed by atoms with Crippen LogP contribution in [0.3, 0.4) is 0 Å². The number of amides is 2. The molecule has 0 spiro atoms. The summed E-state index contributed by atoms with van der Waals surface area (Å²) in [5.74, 6) is 2.13. The molecule has 0 saturated carbocycles. The quantitative estimate of drug-likeness (QED) is 0.646. The van der Waals surface area contributed by atoms with Crippen LogP contribution in [0.4, 0.5) is 4.79 Å². The number of carbonyl (C=O) groups excluding carboxylic acids is 1. The zero-order chi connectivity index (χ0) is 9.90. The van der Waals surface area contributed by atoms with Crippen LogP contribution in [0.25, 0.3) is 0 Å². The molecule has 0 unspecified atom stereocenters. The van der Waals surface area contributed by atoms with Crippen LogP contribution < -0.4 is 5.32 Å². The average Bonchev–Trinajstić information content (AvgIpc) is 2.03. The summed E-state index contributed by atoms with van der Waals surface area (Å²) in [5.41, 5.74) is -0.123. The molecule has 13 heavy (non-hydrogen) atoms. The first-order valence-electron chi connectivity index (χ1n) is 4.64. The van der Waals surface area contributed by atoms with Crippen molar-refractivity contribution < 1.29 is 4.79 Å². The van der Waals surface area contributed by atoms with Crippen LogP contribution in [0.1, 0.15) is 20.8 Å². The molecule has 0 aromatic heterocycles. The van der Waals surface area contributed by atoms with E-state index in [1.165, 1.54) is 0 Å². The van der Waals surface area contributed by atoms with E-state index in [4.69, 9.17) is 0 Å². The number of nitrogens with zero attached hydrogens (tertiary/aromatic N) is 1. The van der Waals surface area contributed by atoms with E-state index in [-0.39, 0.29) is 11.6 Å². The van der Waals surface area contributed by atoms with Crippen LogP contribution in [0.5, 0.6) is 0 Å². The van der Waals surface area contributed by atoms with Gasteiger partial charge in [0.05, 0.1) is 0 Å². The SMILES string of the molecule is CC(C)(C)NC(=O)N1CCSCC1. The van der Waals surface area contributed by atoms with E-state index in [1.54, 1.807) is 0 Å². The van der Waals surface area contributed by atoms with E-state index in [0.29, 0.717) is 0 Å². The summed E-state index contributed by atoms with van der Waals surface area (Å²) in [5, 5.41) is 2.97. The Kier molecular flexibility index (Phi) is 3.47. The van der Waals surface area contributed by atoms with Crippen LogP contribution in [-0.4, -0.2) is 41.1 Å². The summed E-state index contributed by atoms with van der Waals surface area (Å²) in [6.07, 6.45) is 0. The van der Waals surface area contributed by atoms with Gasteiger partial charge in [0.1, 0.15) is 0 Å². The molecule has 1 aliphatic rings. The van der Waals surface area contributed by atoms with Gasteiger partial charge in [-0.15, -0.1) is 0 Å². The number of nitrogens with one attached hydrogen (secondary N) is 1. The molecule has 0 atom stereocenters. The Bertz CT molecular complexity index is 183. The smallest absolute Gasteiger partial charge is 0.317 e. The molecule has 0 aromatic carbocycles. The Morgan fingerprint density at radius 2 is 1.85 bits per heavy atom. The maximum atomic E-state index is 11.6. The highest BCUT2D eigenvalue weighted by Gasteiger charge is 2.20.